The molecule has 2 aromatic rings. The zero-order valence-corrected chi connectivity index (χ0v) is 15.2. The Balaban J connectivity index is 0.00000208. The average molecular weight is 369 g/mol. The lowest BCUT2D eigenvalue weighted by Crippen LogP contribution is -2.47. The van der Waals surface area contributed by atoms with Crippen LogP contribution in [0.3, 0.4) is 0 Å². The monoisotopic (exact) mass is 368 g/mol. The van der Waals surface area contributed by atoms with E-state index in [1.54, 1.807) is 10.9 Å². The molecule has 1 aromatic heterocycles. The normalized spacial score (nSPS) is 17.5. The van der Waals surface area contributed by atoms with Gasteiger partial charge in [-0.05, 0) is 38.3 Å². The molecule has 1 unspecified atom stereocenters. The Morgan fingerprint density at radius 2 is 2.12 bits per heavy atom. The summed E-state index contributed by atoms with van der Waals surface area (Å²) in [5.74, 6) is 0.0101. The molecule has 24 heavy (non-hydrogen) atoms. The van der Waals surface area contributed by atoms with E-state index in [0.29, 0.717) is 17.1 Å². The predicted octanol–water partition coefficient (Wildman–Crippen LogP) is 3.21. The van der Waals surface area contributed by atoms with Crippen molar-refractivity contribution in [2.24, 2.45) is 5.73 Å². The van der Waals surface area contributed by atoms with Gasteiger partial charge in [0.1, 0.15) is 0 Å². The Morgan fingerprint density at radius 3 is 2.83 bits per heavy atom. The molecule has 1 fully saturated rings. The lowest BCUT2D eigenvalue weighted by atomic mass is 10.0. The molecule has 1 aliphatic rings. The summed E-state index contributed by atoms with van der Waals surface area (Å²) in [6.45, 7) is 3.16. The minimum absolute atomic E-state index is 0. The van der Waals surface area contributed by atoms with E-state index in [2.05, 4.69) is 5.10 Å². The van der Waals surface area contributed by atoms with Crippen LogP contribution >= 0.6 is 24.0 Å². The van der Waals surface area contributed by atoms with Gasteiger partial charge in [-0.1, -0.05) is 23.7 Å². The van der Waals surface area contributed by atoms with Crippen LogP contribution in [0.1, 0.15) is 35.3 Å². The number of hydrogen-bond donors (Lipinski definition) is 1. The fraction of sp³-hybridized carbons (Fsp3) is 0.412. The molecule has 130 valence electrons. The van der Waals surface area contributed by atoms with Gasteiger partial charge in [-0.3, -0.25) is 4.79 Å². The number of amides is 1. The van der Waals surface area contributed by atoms with Crippen molar-refractivity contribution in [2.75, 3.05) is 13.1 Å². The molecular formula is C17H22Cl2N4O. The van der Waals surface area contributed by atoms with Gasteiger partial charge in [-0.25, -0.2) is 4.68 Å². The molecule has 0 radical (unpaired) electrons. The Kier molecular flexibility index (Phi) is 6.27. The van der Waals surface area contributed by atoms with Gasteiger partial charge in [-0.2, -0.15) is 5.10 Å². The number of piperidine rings is 1. The lowest BCUT2D eigenvalue weighted by molar-refractivity contribution is 0.0622. The second-order valence-corrected chi connectivity index (χ2v) is 6.30. The molecule has 0 bridgehead atoms. The molecule has 1 aliphatic heterocycles. The van der Waals surface area contributed by atoms with Crippen LogP contribution in [-0.2, 0) is 0 Å². The Morgan fingerprint density at radius 1 is 1.38 bits per heavy atom. The van der Waals surface area contributed by atoms with E-state index in [0.717, 1.165) is 37.2 Å². The highest BCUT2D eigenvalue weighted by Crippen LogP contribution is 2.24. The van der Waals surface area contributed by atoms with Gasteiger partial charge in [0.05, 0.1) is 28.2 Å². The van der Waals surface area contributed by atoms with Gasteiger partial charge >= 0.3 is 0 Å². The first-order valence-electron chi connectivity index (χ1n) is 7.94. The van der Waals surface area contributed by atoms with Crippen molar-refractivity contribution < 1.29 is 4.79 Å². The van der Waals surface area contributed by atoms with Gasteiger partial charge in [-0.15, -0.1) is 12.4 Å². The smallest absolute Gasteiger partial charge is 0.257 e. The number of benzene rings is 1. The summed E-state index contributed by atoms with van der Waals surface area (Å²) in [7, 11) is 0. The van der Waals surface area contributed by atoms with Crippen LogP contribution in [-0.4, -0.2) is 39.7 Å². The molecule has 2 N–H and O–H groups in total. The van der Waals surface area contributed by atoms with Crippen LogP contribution in [0.5, 0.6) is 0 Å². The van der Waals surface area contributed by atoms with Gasteiger partial charge < -0.3 is 10.6 Å². The van der Waals surface area contributed by atoms with Crippen molar-refractivity contribution in [3.05, 3.63) is 46.7 Å². The molecule has 1 amide bonds. The SMILES string of the molecule is Cc1c(C(=O)N2CCCCC2CN)cnn1-c1ccccc1Cl.Cl. The first kappa shape index (κ1) is 18.8. The van der Waals surface area contributed by atoms with Crippen LogP contribution in [0.15, 0.2) is 30.5 Å². The molecule has 3 rings (SSSR count). The van der Waals surface area contributed by atoms with Crippen LogP contribution < -0.4 is 5.73 Å². The molecule has 0 aliphatic carbocycles. The molecule has 7 heteroatoms. The Hall–Kier alpha value is -1.56. The van der Waals surface area contributed by atoms with E-state index in [9.17, 15) is 4.79 Å². The number of hydrogen-bond acceptors (Lipinski definition) is 3. The molecular weight excluding hydrogens is 347 g/mol. The Labute approximate surface area is 153 Å². The topological polar surface area (TPSA) is 64.2 Å². The predicted molar refractivity (Wildman–Crippen MR) is 98.3 cm³/mol. The standard InChI is InChI=1S/C17H21ClN4O.ClH/c1-12-14(17(23)21-9-5-4-6-13(21)10-19)11-20-22(12)16-8-3-2-7-15(16)18;/h2-3,7-8,11,13H,4-6,9-10,19H2,1H3;1H. The molecule has 1 aromatic carbocycles. The fourth-order valence-corrected chi connectivity index (χ4v) is 3.37. The van der Waals surface area contributed by atoms with Gasteiger partial charge in [0.15, 0.2) is 0 Å². The first-order valence-corrected chi connectivity index (χ1v) is 8.32. The van der Waals surface area contributed by atoms with Crippen LogP contribution in [0.2, 0.25) is 5.02 Å². The highest BCUT2D eigenvalue weighted by molar-refractivity contribution is 6.32. The van der Waals surface area contributed by atoms with Crippen molar-refractivity contribution >= 4 is 29.9 Å². The highest BCUT2D eigenvalue weighted by atomic mass is 35.5. The molecule has 5 nitrogen and oxygen atoms in total. The number of aromatic nitrogens is 2. The number of rotatable bonds is 3. The highest BCUT2D eigenvalue weighted by Gasteiger charge is 2.28. The summed E-state index contributed by atoms with van der Waals surface area (Å²) in [5.41, 5.74) is 8.02. The van der Waals surface area contributed by atoms with E-state index in [1.807, 2.05) is 36.1 Å². The number of carbonyl (C=O) groups excluding carboxylic acids is 1. The van der Waals surface area contributed by atoms with Crippen LogP contribution in [0.4, 0.5) is 0 Å². The van der Waals surface area contributed by atoms with Crippen LogP contribution in [0.25, 0.3) is 5.69 Å². The summed E-state index contributed by atoms with van der Waals surface area (Å²) >= 11 is 6.24. The third-order valence-corrected chi connectivity index (χ3v) is 4.80. The Bertz CT molecular complexity index is 716. The van der Waals surface area contributed by atoms with E-state index in [1.165, 1.54) is 0 Å². The number of nitrogens with zero attached hydrogens (tertiary/aromatic N) is 3. The maximum absolute atomic E-state index is 12.9. The summed E-state index contributed by atoms with van der Waals surface area (Å²) < 4.78 is 1.72. The minimum atomic E-state index is 0. The van der Waals surface area contributed by atoms with E-state index < -0.39 is 0 Å². The molecule has 0 saturated carbocycles. The summed E-state index contributed by atoms with van der Waals surface area (Å²) in [6, 6.07) is 7.60. The lowest BCUT2D eigenvalue weighted by Gasteiger charge is -2.35. The maximum atomic E-state index is 12.9. The molecule has 2 heterocycles. The number of carbonyl (C=O) groups is 1. The van der Waals surface area contributed by atoms with E-state index in [-0.39, 0.29) is 24.4 Å². The van der Waals surface area contributed by atoms with E-state index in [4.69, 9.17) is 17.3 Å². The van der Waals surface area contributed by atoms with Crippen molar-refractivity contribution in [2.45, 2.75) is 32.2 Å². The van der Waals surface area contributed by atoms with Crippen molar-refractivity contribution in [3.8, 4) is 5.69 Å². The number of likely N-dealkylation sites (tertiary alicyclic amines) is 1. The van der Waals surface area contributed by atoms with Gasteiger partial charge in [0.25, 0.3) is 5.91 Å². The summed E-state index contributed by atoms with van der Waals surface area (Å²) in [6.07, 6.45) is 4.76. The summed E-state index contributed by atoms with van der Waals surface area (Å²) in [5, 5.41) is 4.97. The summed E-state index contributed by atoms with van der Waals surface area (Å²) in [4.78, 5) is 14.8. The third kappa shape index (κ3) is 3.43. The van der Waals surface area contributed by atoms with Crippen molar-refractivity contribution in [1.29, 1.82) is 0 Å². The number of halogens is 2. The quantitative estimate of drug-likeness (QED) is 0.904. The molecule has 1 saturated heterocycles. The fourth-order valence-electron chi connectivity index (χ4n) is 3.15. The first-order chi connectivity index (χ1) is 11.1. The zero-order valence-electron chi connectivity index (χ0n) is 13.6. The third-order valence-electron chi connectivity index (χ3n) is 4.48. The number of nitrogens with two attached hydrogens (primary N) is 1. The average Bonchev–Trinajstić information content (AvgIpc) is 2.96. The second-order valence-electron chi connectivity index (χ2n) is 5.89. The zero-order chi connectivity index (χ0) is 16.4. The van der Waals surface area contributed by atoms with Gasteiger partial charge in [0, 0.05) is 19.1 Å². The van der Waals surface area contributed by atoms with Gasteiger partial charge in [0.2, 0.25) is 0 Å². The van der Waals surface area contributed by atoms with Crippen molar-refractivity contribution in [1.82, 2.24) is 14.7 Å². The minimum Gasteiger partial charge on any atom is -0.334 e. The maximum Gasteiger partial charge on any atom is 0.257 e. The van der Waals surface area contributed by atoms with Crippen LogP contribution in [0, 0.1) is 6.92 Å². The molecule has 0 spiro atoms. The largest absolute Gasteiger partial charge is 0.334 e. The van der Waals surface area contributed by atoms with Crippen molar-refractivity contribution in [3.63, 3.8) is 0 Å². The van der Waals surface area contributed by atoms with E-state index >= 15 is 0 Å². The molecule has 1 atom stereocenters. The second kappa shape index (κ2) is 8.01. The number of para-hydroxylation sites is 1.